The van der Waals surface area contributed by atoms with Crippen LogP contribution in [0.2, 0.25) is 0 Å². The number of hydrogen-bond donors (Lipinski definition) is 2. The highest BCUT2D eigenvalue weighted by Gasteiger charge is 2.47. The van der Waals surface area contributed by atoms with Gasteiger partial charge in [0.25, 0.3) is 0 Å². The number of pyridine rings is 1. The highest BCUT2D eigenvalue weighted by Crippen LogP contribution is 2.32. The Morgan fingerprint density at radius 2 is 2.00 bits per heavy atom. The third-order valence-electron chi connectivity index (χ3n) is 2.80. The highest BCUT2D eigenvalue weighted by atomic mass is 19.3. The van der Waals surface area contributed by atoms with Crippen LogP contribution >= 0.6 is 0 Å². The molecule has 0 aliphatic carbocycles. The second-order valence-corrected chi connectivity index (χ2v) is 4.24. The molecule has 2 N–H and O–H groups in total. The number of halogens is 2. The summed E-state index contributed by atoms with van der Waals surface area (Å²) in [5.41, 5.74) is 1.21. The minimum Gasteiger partial charge on any atom is -0.477 e. The lowest BCUT2D eigenvalue weighted by atomic mass is 10.0. The van der Waals surface area contributed by atoms with Crippen LogP contribution in [0.4, 0.5) is 8.78 Å². The molecule has 0 radical (unpaired) electrons. The number of rotatable bonds is 3. The zero-order valence-corrected chi connectivity index (χ0v) is 9.97. The van der Waals surface area contributed by atoms with Crippen LogP contribution in [0.1, 0.15) is 17.4 Å². The van der Waals surface area contributed by atoms with Crippen molar-refractivity contribution in [2.45, 2.75) is 19.0 Å². The molecule has 0 saturated carbocycles. The summed E-state index contributed by atoms with van der Waals surface area (Å²) in [6.07, 6.45) is -2.39. The predicted molar refractivity (Wildman–Crippen MR) is 64.0 cm³/mol. The fourth-order valence-electron chi connectivity index (χ4n) is 1.74. The molecule has 1 aromatic carbocycles. The van der Waals surface area contributed by atoms with Gasteiger partial charge in [-0.25, -0.2) is 4.79 Å². The zero-order chi connectivity index (χ0) is 14.2. The summed E-state index contributed by atoms with van der Waals surface area (Å²) in [5.74, 6) is -6.59. The summed E-state index contributed by atoms with van der Waals surface area (Å²) in [6, 6.07) is 7.40. The number of aliphatic hydroxyl groups excluding tert-OH is 1. The number of carboxylic acids is 1. The maximum absolute atomic E-state index is 13.2. The molecular weight excluding hydrogens is 256 g/mol. The van der Waals surface area contributed by atoms with Gasteiger partial charge in [0.05, 0.1) is 5.52 Å². The van der Waals surface area contributed by atoms with E-state index in [-0.39, 0.29) is 5.56 Å². The lowest BCUT2D eigenvalue weighted by molar-refractivity contribution is -0.182. The normalized spacial score (nSPS) is 13.5. The third kappa shape index (κ3) is 2.39. The molecule has 0 fully saturated rings. The number of carbonyl (C=O) groups is 1. The van der Waals surface area contributed by atoms with Crippen LogP contribution in [0.3, 0.4) is 0 Å². The molecule has 0 aliphatic rings. The summed E-state index contributed by atoms with van der Waals surface area (Å²) in [7, 11) is 0. The van der Waals surface area contributed by atoms with Gasteiger partial charge in [-0.1, -0.05) is 12.1 Å². The first kappa shape index (κ1) is 13.4. The number of fused-ring (bicyclic) bond motifs is 1. The van der Waals surface area contributed by atoms with Crippen molar-refractivity contribution < 1.29 is 23.8 Å². The smallest absolute Gasteiger partial charge is 0.377 e. The van der Waals surface area contributed by atoms with Crippen molar-refractivity contribution in [2.24, 2.45) is 0 Å². The number of nitrogens with zero attached hydrogens (tertiary/aromatic N) is 1. The van der Waals surface area contributed by atoms with Crippen LogP contribution in [-0.2, 0) is 4.79 Å². The molecule has 2 rings (SSSR count). The standard InChI is InChI=1S/C13H11F2NO3/c1-7-2-3-8-6-9(4-5-10(8)16-7)11(17)13(14,15)12(18)19/h2-6,11,17H,1H3,(H,18,19). The van der Waals surface area contributed by atoms with E-state index in [0.29, 0.717) is 10.9 Å². The fraction of sp³-hybridized carbons (Fsp3) is 0.231. The number of aliphatic hydroxyl groups is 1. The highest BCUT2D eigenvalue weighted by molar-refractivity contribution is 5.80. The number of benzene rings is 1. The molecule has 100 valence electrons. The Morgan fingerprint density at radius 3 is 2.63 bits per heavy atom. The molecule has 1 aromatic heterocycles. The Labute approximate surface area is 107 Å². The van der Waals surface area contributed by atoms with Crippen molar-refractivity contribution in [3.8, 4) is 0 Å². The van der Waals surface area contributed by atoms with E-state index in [0.717, 1.165) is 5.69 Å². The van der Waals surface area contributed by atoms with E-state index in [4.69, 9.17) is 5.11 Å². The molecule has 1 heterocycles. The first-order chi connectivity index (χ1) is 8.82. The van der Waals surface area contributed by atoms with Crippen molar-refractivity contribution in [2.75, 3.05) is 0 Å². The van der Waals surface area contributed by atoms with Gasteiger partial charge >= 0.3 is 11.9 Å². The molecular formula is C13H11F2NO3. The van der Waals surface area contributed by atoms with Crippen molar-refractivity contribution in [3.05, 3.63) is 41.6 Å². The Hall–Kier alpha value is -2.08. The van der Waals surface area contributed by atoms with E-state index < -0.39 is 18.0 Å². The number of hydrogen-bond acceptors (Lipinski definition) is 3. The number of aromatic nitrogens is 1. The third-order valence-corrected chi connectivity index (χ3v) is 2.80. The number of alkyl halides is 2. The van der Waals surface area contributed by atoms with Crippen LogP contribution in [0.15, 0.2) is 30.3 Å². The minimum absolute atomic E-state index is 0.162. The lowest BCUT2D eigenvalue weighted by Crippen LogP contribution is -2.35. The largest absolute Gasteiger partial charge is 0.477 e. The van der Waals surface area contributed by atoms with Gasteiger partial charge in [0.15, 0.2) is 6.10 Å². The van der Waals surface area contributed by atoms with E-state index in [1.54, 1.807) is 19.1 Å². The van der Waals surface area contributed by atoms with E-state index in [2.05, 4.69) is 4.98 Å². The molecule has 1 atom stereocenters. The van der Waals surface area contributed by atoms with Crippen molar-refractivity contribution in [1.82, 2.24) is 4.98 Å². The molecule has 2 aromatic rings. The summed E-state index contributed by atoms with van der Waals surface area (Å²) < 4.78 is 26.4. The number of aliphatic carboxylic acids is 1. The topological polar surface area (TPSA) is 70.4 Å². The molecule has 1 unspecified atom stereocenters. The first-order valence-corrected chi connectivity index (χ1v) is 5.49. The van der Waals surface area contributed by atoms with Crippen molar-refractivity contribution in [1.29, 1.82) is 0 Å². The minimum atomic E-state index is -4.23. The van der Waals surface area contributed by atoms with Gasteiger partial charge in [-0.05, 0) is 30.7 Å². The Morgan fingerprint density at radius 1 is 1.32 bits per heavy atom. The molecule has 19 heavy (non-hydrogen) atoms. The van der Waals surface area contributed by atoms with Crippen molar-refractivity contribution in [3.63, 3.8) is 0 Å². The van der Waals surface area contributed by atoms with Crippen molar-refractivity contribution >= 4 is 16.9 Å². The summed E-state index contributed by atoms with van der Waals surface area (Å²) in [4.78, 5) is 14.6. The van der Waals surface area contributed by atoms with E-state index in [1.807, 2.05) is 0 Å². The van der Waals surface area contributed by atoms with Gasteiger partial charge in [0.2, 0.25) is 0 Å². The second-order valence-electron chi connectivity index (χ2n) is 4.24. The summed E-state index contributed by atoms with van der Waals surface area (Å²) >= 11 is 0. The van der Waals surface area contributed by atoms with Gasteiger partial charge in [-0.15, -0.1) is 0 Å². The van der Waals surface area contributed by atoms with E-state index in [9.17, 15) is 18.7 Å². The maximum Gasteiger partial charge on any atom is 0.377 e. The molecule has 0 bridgehead atoms. The Balaban J connectivity index is 2.46. The van der Waals surface area contributed by atoms with Gasteiger partial charge in [0.1, 0.15) is 0 Å². The summed E-state index contributed by atoms with van der Waals surface area (Å²) in [6.45, 7) is 1.79. The van der Waals surface area contributed by atoms with Gasteiger partial charge in [-0.2, -0.15) is 8.78 Å². The SMILES string of the molecule is Cc1ccc2cc(C(O)C(F)(F)C(=O)O)ccc2n1. The molecule has 0 aliphatic heterocycles. The molecule has 0 spiro atoms. The zero-order valence-electron chi connectivity index (χ0n) is 9.97. The van der Waals surface area contributed by atoms with Crippen LogP contribution in [0, 0.1) is 6.92 Å². The van der Waals surface area contributed by atoms with Gasteiger partial charge in [-0.3, -0.25) is 4.98 Å². The van der Waals surface area contributed by atoms with Crippen LogP contribution in [0.5, 0.6) is 0 Å². The monoisotopic (exact) mass is 267 g/mol. The average Bonchev–Trinajstić information content (AvgIpc) is 2.37. The van der Waals surface area contributed by atoms with Crippen LogP contribution < -0.4 is 0 Å². The van der Waals surface area contributed by atoms with Crippen LogP contribution in [-0.4, -0.2) is 27.1 Å². The molecule has 0 saturated heterocycles. The molecule has 6 heteroatoms. The Kier molecular flexibility index (Phi) is 3.20. The second kappa shape index (κ2) is 4.55. The van der Waals surface area contributed by atoms with Crippen LogP contribution in [0.25, 0.3) is 10.9 Å². The fourth-order valence-corrected chi connectivity index (χ4v) is 1.74. The Bertz CT molecular complexity index is 643. The van der Waals surface area contributed by atoms with E-state index in [1.165, 1.54) is 18.2 Å². The predicted octanol–water partition coefficient (Wildman–Crippen LogP) is 2.30. The lowest BCUT2D eigenvalue weighted by Gasteiger charge is -2.18. The molecule has 0 amide bonds. The molecule has 4 nitrogen and oxygen atoms in total. The van der Waals surface area contributed by atoms with Gasteiger partial charge in [0, 0.05) is 11.1 Å². The number of aryl methyl sites for hydroxylation is 1. The first-order valence-electron chi connectivity index (χ1n) is 5.49. The van der Waals surface area contributed by atoms with Gasteiger partial charge < -0.3 is 10.2 Å². The van der Waals surface area contributed by atoms with E-state index >= 15 is 0 Å². The summed E-state index contributed by atoms with van der Waals surface area (Å²) in [5, 5.41) is 18.4. The maximum atomic E-state index is 13.2. The quantitative estimate of drug-likeness (QED) is 0.895. The average molecular weight is 267 g/mol. The number of carboxylic acid groups (broad SMARTS) is 1.